The second-order valence-electron chi connectivity index (χ2n) is 6.50. The van der Waals surface area contributed by atoms with E-state index >= 15 is 0 Å². The highest BCUT2D eigenvalue weighted by Gasteiger charge is 2.43. The fraction of sp³-hybridized carbons (Fsp3) is 0.500. The Balaban J connectivity index is 1.55. The van der Waals surface area contributed by atoms with Crippen LogP contribution >= 0.6 is 11.8 Å². The number of urea groups is 1. The number of nitrogens with zero attached hydrogens (tertiary/aromatic N) is 1. The minimum Gasteiger partial charge on any atom is -0.355 e. The molecule has 1 aromatic rings. The van der Waals surface area contributed by atoms with Crippen molar-refractivity contribution in [1.82, 2.24) is 15.5 Å². The van der Waals surface area contributed by atoms with E-state index < -0.39 is 5.54 Å². The highest BCUT2D eigenvalue weighted by molar-refractivity contribution is 7.98. The van der Waals surface area contributed by atoms with Crippen LogP contribution in [0.15, 0.2) is 30.3 Å². The van der Waals surface area contributed by atoms with Gasteiger partial charge in [0.05, 0.1) is 0 Å². The molecule has 25 heavy (non-hydrogen) atoms. The van der Waals surface area contributed by atoms with Crippen LogP contribution in [0.3, 0.4) is 0 Å². The number of nitrogens with one attached hydrogen (secondary N) is 2. The van der Waals surface area contributed by atoms with Crippen LogP contribution in [-0.2, 0) is 15.3 Å². The second kappa shape index (κ2) is 8.89. The lowest BCUT2D eigenvalue weighted by Crippen LogP contribution is -2.40. The van der Waals surface area contributed by atoms with Gasteiger partial charge in [0, 0.05) is 31.0 Å². The fourth-order valence-electron chi connectivity index (χ4n) is 2.53. The molecule has 1 aliphatic rings. The van der Waals surface area contributed by atoms with E-state index in [9.17, 15) is 14.4 Å². The minimum absolute atomic E-state index is 0.0494. The van der Waals surface area contributed by atoms with Crippen molar-refractivity contribution in [3.8, 4) is 0 Å². The Morgan fingerprint density at radius 3 is 2.60 bits per heavy atom. The third-order valence-electron chi connectivity index (χ3n) is 3.91. The Morgan fingerprint density at radius 1 is 1.24 bits per heavy atom. The van der Waals surface area contributed by atoms with Crippen molar-refractivity contribution < 1.29 is 14.4 Å². The summed E-state index contributed by atoms with van der Waals surface area (Å²) in [7, 11) is 0. The summed E-state index contributed by atoms with van der Waals surface area (Å²) in [6.07, 6.45) is 0.777. The maximum Gasteiger partial charge on any atom is 0.325 e. The molecule has 1 heterocycles. The van der Waals surface area contributed by atoms with E-state index in [1.54, 1.807) is 25.6 Å². The topological polar surface area (TPSA) is 78.5 Å². The summed E-state index contributed by atoms with van der Waals surface area (Å²) in [6, 6.07) is 9.82. The van der Waals surface area contributed by atoms with Crippen molar-refractivity contribution in [3.63, 3.8) is 0 Å². The molecule has 1 fully saturated rings. The highest BCUT2D eigenvalue weighted by atomic mass is 32.2. The summed E-state index contributed by atoms with van der Waals surface area (Å²) < 4.78 is 0. The zero-order chi connectivity index (χ0) is 18.3. The summed E-state index contributed by atoms with van der Waals surface area (Å²) in [5.41, 5.74) is 0.422. The number of amides is 4. The van der Waals surface area contributed by atoms with Gasteiger partial charge in [-0.15, -0.1) is 0 Å². The van der Waals surface area contributed by atoms with E-state index in [1.165, 1.54) is 10.5 Å². The number of benzene rings is 1. The maximum atomic E-state index is 12.0. The average molecular weight is 363 g/mol. The molecule has 1 saturated heterocycles. The number of carbonyl (C=O) groups is 3. The zero-order valence-corrected chi connectivity index (χ0v) is 15.5. The van der Waals surface area contributed by atoms with E-state index in [1.807, 2.05) is 18.2 Å². The van der Waals surface area contributed by atoms with Crippen LogP contribution in [0.2, 0.25) is 0 Å². The average Bonchev–Trinajstić information content (AvgIpc) is 2.77. The monoisotopic (exact) mass is 363 g/mol. The standard InChI is InChI=1S/C18H25N3O3S/c1-18(2)16(23)21(17(24)20-18)11-6-9-15(22)19-10-12-25-13-14-7-4-3-5-8-14/h3-5,7-8H,6,9-13H2,1-2H3,(H,19,22)(H,20,24). The van der Waals surface area contributed by atoms with Crippen LogP contribution in [0.1, 0.15) is 32.3 Å². The van der Waals surface area contributed by atoms with Gasteiger partial charge in [0.15, 0.2) is 0 Å². The predicted octanol–water partition coefficient (Wildman–Crippen LogP) is 2.15. The third kappa shape index (κ3) is 5.77. The Hall–Kier alpha value is -2.02. The maximum absolute atomic E-state index is 12.0. The molecule has 7 heteroatoms. The fourth-order valence-corrected chi connectivity index (χ4v) is 3.35. The minimum atomic E-state index is -0.852. The van der Waals surface area contributed by atoms with Crippen molar-refractivity contribution in [3.05, 3.63) is 35.9 Å². The predicted molar refractivity (Wildman–Crippen MR) is 99.2 cm³/mol. The number of hydrogen-bond donors (Lipinski definition) is 2. The van der Waals surface area contributed by atoms with Gasteiger partial charge in [-0.3, -0.25) is 14.5 Å². The van der Waals surface area contributed by atoms with Crippen LogP contribution < -0.4 is 10.6 Å². The lowest BCUT2D eigenvalue weighted by atomic mass is 10.1. The summed E-state index contributed by atoms with van der Waals surface area (Å²) in [6.45, 7) is 4.23. The second-order valence-corrected chi connectivity index (χ2v) is 7.61. The van der Waals surface area contributed by atoms with E-state index in [-0.39, 0.29) is 24.4 Å². The van der Waals surface area contributed by atoms with Gasteiger partial charge in [0.2, 0.25) is 5.91 Å². The first-order valence-corrected chi connectivity index (χ1v) is 9.58. The van der Waals surface area contributed by atoms with Gasteiger partial charge >= 0.3 is 6.03 Å². The molecule has 136 valence electrons. The highest BCUT2D eigenvalue weighted by Crippen LogP contribution is 2.17. The lowest BCUT2D eigenvalue weighted by Gasteiger charge is -2.15. The molecule has 2 N–H and O–H groups in total. The van der Waals surface area contributed by atoms with Crippen molar-refractivity contribution in [1.29, 1.82) is 0 Å². The summed E-state index contributed by atoms with van der Waals surface area (Å²) in [5, 5.41) is 5.50. The molecule has 1 aromatic carbocycles. The molecule has 0 spiro atoms. The van der Waals surface area contributed by atoms with E-state index in [4.69, 9.17) is 0 Å². The van der Waals surface area contributed by atoms with Crippen LogP contribution in [0, 0.1) is 0 Å². The number of hydrogen-bond acceptors (Lipinski definition) is 4. The molecule has 0 unspecified atom stereocenters. The van der Waals surface area contributed by atoms with Gasteiger partial charge < -0.3 is 10.6 Å². The SMILES string of the molecule is CC1(C)NC(=O)N(CCCC(=O)NCCSCc2ccccc2)C1=O. The van der Waals surface area contributed by atoms with Crippen molar-refractivity contribution in [2.45, 2.75) is 38.0 Å². The Morgan fingerprint density at radius 2 is 1.96 bits per heavy atom. The Bertz CT molecular complexity index is 619. The van der Waals surface area contributed by atoms with Gasteiger partial charge in [-0.2, -0.15) is 11.8 Å². The summed E-state index contributed by atoms with van der Waals surface area (Å²) in [5.74, 6) is 1.49. The molecule has 0 radical (unpaired) electrons. The molecule has 4 amide bonds. The lowest BCUT2D eigenvalue weighted by molar-refractivity contribution is -0.130. The molecule has 1 aliphatic heterocycles. The van der Waals surface area contributed by atoms with Crippen LogP contribution in [0.25, 0.3) is 0 Å². The largest absolute Gasteiger partial charge is 0.355 e. The van der Waals surface area contributed by atoms with Gasteiger partial charge in [0.1, 0.15) is 5.54 Å². The molecule has 0 bridgehead atoms. The molecular weight excluding hydrogens is 338 g/mol. The van der Waals surface area contributed by atoms with Crippen molar-refractivity contribution in [2.24, 2.45) is 0 Å². The molecule has 0 aromatic heterocycles. The normalized spacial score (nSPS) is 16.0. The molecular formula is C18H25N3O3S. The van der Waals surface area contributed by atoms with E-state index in [0.717, 1.165) is 11.5 Å². The molecule has 0 saturated carbocycles. The summed E-state index contributed by atoms with van der Waals surface area (Å²) >= 11 is 1.77. The third-order valence-corrected chi connectivity index (χ3v) is 4.94. The van der Waals surface area contributed by atoms with Crippen LogP contribution in [-0.4, -0.2) is 47.1 Å². The van der Waals surface area contributed by atoms with Gasteiger partial charge in [-0.1, -0.05) is 30.3 Å². The van der Waals surface area contributed by atoms with Gasteiger partial charge in [-0.05, 0) is 25.8 Å². The molecule has 0 atom stereocenters. The Kier molecular flexibility index (Phi) is 6.87. The van der Waals surface area contributed by atoms with E-state index in [0.29, 0.717) is 19.4 Å². The van der Waals surface area contributed by atoms with Crippen molar-refractivity contribution in [2.75, 3.05) is 18.8 Å². The first-order chi connectivity index (χ1) is 11.9. The molecule has 0 aliphatic carbocycles. The van der Waals surface area contributed by atoms with Crippen LogP contribution in [0.4, 0.5) is 4.79 Å². The number of carbonyl (C=O) groups excluding carboxylic acids is 3. The number of imide groups is 1. The number of rotatable bonds is 9. The van der Waals surface area contributed by atoms with Crippen LogP contribution in [0.5, 0.6) is 0 Å². The molecule has 6 nitrogen and oxygen atoms in total. The first kappa shape index (κ1) is 19.3. The zero-order valence-electron chi connectivity index (χ0n) is 14.7. The first-order valence-electron chi connectivity index (χ1n) is 8.42. The quantitative estimate of drug-likeness (QED) is 0.520. The number of thioether (sulfide) groups is 1. The van der Waals surface area contributed by atoms with Gasteiger partial charge in [0.25, 0.3) is 5.91 Å². The molecule has 2 rings (SSSR count). The van der Waals surface area contributed by atoms with E-state index in [2.05, 4.69) is 22.8 Å². The Labute approximate surface area is 152 Å². The van der Waals surface area contributed by atoms with Gasteiger partial charge in [-0.25, -0.2) is 4.79 Å². The van der Waals surface area contributed by atoms with Crippen molar-refractivity contribution >= 4 is 29.6 Å². The smallest absolute Gasteiger partial charge is 0.325 e. The summed E-state index contributed by atoms with van der Waals surface area (Å²) in [4.78, 5) is 36.7.